The van der Waals surface area contributed by atoms with Gasteiger partial charge in [-0.25, -0.2) is 9.97 Å². The van der Waals surface area contributed by atoms with Crippen LogP contribution in [-0.4, -0.2) is 20.1 Å². The van der Waals surface area contributed by atoms with Crippen molar-refractivity contribution in [2.24, 2.45) is 0 Å². The van der Waals surface area contributed by atoms with Crippen LogP contribution in [0.15, 0.2) is 41.1 Å². The number of nitrogens with zero attached hydrogens (tertiary/aromatic N) is 4. The minimum Gasteiger partial charge on any atom is -0.479 e. The summed E-state index contributed by atoms with van der Waals surface area (Å²) in [6, 6.07) is 9.18. The Morgan fingerprint density at radius 3 is 2.60 bits per heavy atom. The van der Waals surface area contributed by atoms with Crippen molar-refractivity contribution in [2.75, 3.05) is 0 Å². The summed E-state index contributed by atoms with van der Waals surface area (Å²) in [6.07, 6.45) is 1.12. The first-order valence-electron chi connectivity index (χ1n) is 7.92. The van der Waals surface area contributed by atoms with Crippen LogP contribution >= 0.6 is 11.6 Å². The van der Waals surface area contributed by atoms with Gasteiger partial charge in [-0.15, -0.1) is 0 Å². The van der Waals surface area contributed by atoms with Gasteiger partial charge in [-0.1, -0.05) is 43.6 Å². The van der Waals surface area contributed by atoms with Gasteiger partial charge in [-0.2, -0.15) is 4.98 Å². The second kappa shape index (κ2) is 6.80. The van der Waals surface area contributed by atoms with Gasteiger partial charge >= 0.3 is 0 Å². The van der Waals surface area contributed by atoms with Crippen molar-refractivity contribution < 1.29 is 9.26 Å². The van der Waals surface area contributed by atoms with Gasteiger partial charge in [0.25, 0.3) is 5.89 Å². The molecule has 0 aliphatic carbocycles. The lowest BCUT2D eigenvalue weighted by Gasteiger charge is -2.17. The zero-order chi connectivity index (χ0) is 18.0. The molecule has 0 fully saturated rings. The third kappa shape index (κ3) is 4.14. The van der Waals surface area contributed by atoms with E-state index in [9.17, 15) is 0 Å². The zero-order valence-corrected chi connectivity index (χ0v) is 15.3. The summed E-state index contributed by atoms with van der Waals surface area (Å²) in [7, 11) is 0. The van der Waals surface area contributed by atoms with Crippen LogP contribution in [0.25, 0.3) is 11.5 Å². The van der Waals surface area contributed by atoms with Gasteiger partial charge in [-0.3, -0.25) is 0 Å². The summed E-state index contributed by atoms with van der Waals surface area (Å²) in [6.45, 7) is 8.15. The van der Waals surface area contributed by atoms with Gasteiger partial charge in [0.15, 0.2) is 6.10 Å². The maximum absolute atomic E-state index is 5.77. The Balaban J connectivity index is 1.79. The maximum atomic E-state index is 5.77. The van der Waals surface area contributed by atoms with Crippen LogP contribution in [0.5, 0.6) is 5.75 Å². The van der Waals surface area contributed by atoms with Crippen molar-refractivity contribution in [1.29, 1.82) is 0 Å². The molecule has 3 rings (SSSR count). The van der Waals surface area contributed by atoms with Gasteiger partial charge < -0.3 is 9.26 Å². The molecule has 0 saturated carbocycles. The SMILES string of the molecule is C[C@H](Oc1ccc(Cl)nc1)c1nc(-c2cccc(C(C)(C)C)n2)no1. The molecule has 6 nitrogen and oxygen atoms in total. The number of aromatic nitrogens is 4. The van der Waals surface area contributed by atoms with Crippen LogP contribution < -0.4 is 4.74 Å². The average molecular weight is 359 g/mol. The predicted octanol–water partition coefficient (Wildman–Crippen LogP) is 4.62. The highest BCUT2D eigenvalue weighted by Crippen LogP contribution is 2.25. The van der Waals surface area contributed by atoms with Crippen molar-refractivity contribution in [1.82, 2.24) is 20.1 Å². The molecule has 0 unspecified atom stereocenters. The topological polar surface area (TPSA) is 73.9 Å². The fraction of sp³-hybridized carbons (Fsp3) is 0.333. The van der Waals surface area contributed by atoms with Crippen molar-refractivity contribution in [2.45, 2.75) is 39.2 Å². The quantitative estimate of drug-likeness (QED) is 0.633. The molecule has 3 aromatic rings. The summed E-state index contributed by atoms with van der Waals surface area (Å²) in [5, 5.41) is 4.43. The highest BCUT2D eigenvalue weighted by atomic mass is 35.5. The van der Waals surface area contributed by atoms with Gasteiger partial charge in [0, 0.05) is 11.1 Å². The summed E-state index contributed by atoms with van der Waals surface area (Å²) in [5.41, 5.74) is 1.58. The van der Waals surface area contributed by atoms with Crippen LogP contribution in [0.1, 0.15) is 45.4 Å². The largest absolute Gasteiger partial charge is 0.479 e. The lowest BCUT2D eigenvalue weighted by molar-refractivity contribution is 0.175. The molecule has 0 saturated heterocycles. The second-order valence-corrected chi connectivity index (χ2v) is 7.08. The number of pyridine rings is 2. The standard InChI is InChI=1S/C18H19ClN4O2/c1-11(24-12-8-9-15(19)20-10-12)17-22-16(23-25-17)13-6-5-7-14(21-13)18(2,3)4/h5-11H,1-4H3/t11-/m0/s1. The second-order valence-electron chi connectivity index (χ2n) is 6.69. The predicted molar refractivity (Wildman–Crippen MR) is 94.5 cm³/mol. The number of hydrogen-bond donors (Lipinski definition) is 0. The summed E-state index contributed by atoms with van der Waals surface area (Å²) >= 11 is 5.77. The minimum atomic E-state index is -0.421. The summed E-state index contributed by atoms with van der Waals surface area (Å²) < 4.78 is 11.1. The first-order chi connectivity index (χ1) is 11.8. The number of rotatable bonds is 4. The van der Waals surface area contributed by atoms with E-state index in [1.165, 1.54) is 0 Å². The van der Waals surface area contributed by atoms with E-state index in [4.69, 9.17) is 20.9 Å². The Hall–Kier alpha value is -2.47. The van der Waals surface area contributed by atoms with E-state index >= 15 is 0 Å². The molecule has 1 atom stereocenters. The van der Waals surface area contributed by atoms with E-state index in [-0.39, 0.29) is 5.41 Å². The van der Waals surface area contributed by atoms with Crippen molar-refractivity contribution in [3.8, 4) is 17.3 Å². The van der Waals surface area contributed by atoms with E-state index in [1.807, 2.05) is 25.1 Å². The van der Waals surface area contributed by atoms with Crippen LogP contribution in [0, 0.1) is 0 Å². The fourth-order valence-corrected chi connectivity index (χ4v) is 2.28. The highest BCUT2D eigenvalue weighted by Gasteiger charge is 2.20. The lowest BCUT2D eigenvalue weighted by Crippen LogP contribution is -2.13. The molecule has 3 aromatic heterocycles. The molecule has 0 bridgehead atoms. The zero-order valence-electron chi connectivity index (χ0n) is 14.5. The molecule has 0 N–H and O–H groups in total. The van der Waals surface area contributed by atoms with E-state index in [0.29, 0.717) is 28.3 Å². The molecule has 25 heavy (non-hydrogen) atoms. The molecule has 0 aliphatic rings. The van der Waals surface area contributed by atoms with E-state index < -0.39 is 6.10 Å². The van der Waals surface area contributed by atoms with Gasteiger partial charge in [0.05, 0.1) is 6.20 Å². The number of ether oxygens (including phenoxy) is 1. The van der Waals surface area contributed by atoms with Gasteiger partial charge in [-0.05, 0) is 31.2 Å². The van der Waals surface area contributed by atoms with Crippen molar-refractivity contribution >= 4 is 11.6 Å². The lowest BCUT2D eigenvalue weighted by atomic mass is 9.91. The van der Waals surface area contributed by atoms with Crippen LogP contribution in [-0.2, 0) is 5.41 Å². The highest BCUT2D eigenvalue weighted by molar-refractivity contribution is 6.29. The molecule has 130 valence electrons. The molecule has 0 aromatic carbocycles. The number of halogens is 1. The Kier molecular flexibility index (Phi) is 4.72. The fourth-order valence-electron chi connectivity index (χ4n) is 2.17. The molecule has 0 amide bonds. The number of hydrogen-bond acceptors (Lipinski definition) is 6. The van der Waals surface area contributed by atoms with E-state index in [0.717, 1.165) is 5.69 Å². The van der Waals surface area contributed by atoms with Crippen LogP contribution in [0.2, 0.25) is 5.15 Å². The molecule has 0 aliphatic heterocycles. The minimum absolute atomic E-state index is 0.0550. The monoisotopic (exact) mass is 358 g/mol. The van der Waals surface area contributed by atoms with Crippen molar-refractivity contribution in [3.05, 3.63) is 53.3 Å². The molecule has 0 radical (unpaired) electrons. The first kappa shape index (κ1) is 17.4. The Morgan fingerprint density at radius 2 is 1.92 bits per heavy atom. The Bertz CT molecular complexity index is 856. The first-order valence-corrected chi connectivity index (χ1v) is 8.30. The summed E-state index contributed by atoms with van der Waals surface area (Å²) in [4.78, 5) is 13.0. The van der Waals surface area contributed by atoms with Crippen LogP contribution in [0.4, 0.5) is 0 Å². The molecule has 7 heteroatoms. The Morgan fingerprint density at radius 1 is 1.12 bits per heavy atom. The Labute approximate surface area is 151 Å². The van der Waals surface area contributed by atoms with E-state index in [2.05, 4.69) is 40.9 Å². The molecular formula is C18H19ClN4O2. The van der Waals surface area contributed by atoms with E-state index in [1.54, 1.807) is 18.3 Å². The third-order valence-corrected chi connectivity index (χ3v) is 3.77. The van der Waals surface area contributed by atoms with Crippen LogP contribution in [0.3, 0.4) is 0 Å². The summed E-state index contributed by atoms with van der Waals surface area (Å²) in [5.74, 6) is 1.38. The molecule has 3 heterocycles. The van der Waals surface area contributed by atoms with Gasteiger partial charge in [0.2, 0.25) is 5.82 Å². The molecular weight excluding hydrogens is 340 g/mol. The maximum Gasteiger partial charge on any atom is 0.267 e. The van der Waals surface area contributed by atoms with Crippen molar-refractivity contribution in [3.63, 3.8) is 0 Å². The molecule has 0 spiro atoms. The third-order valence-electron chi connectivity index (χ3n) is 3.55. The normalized spacial score (nSPS) is 12.8. The average Bonchev–Trinajstić information content (AvgIpc) is 3.06. The van der Waals surface area contributed by atoms with Gasteiger partial charge in [0.1, 0.15) is 16.6 Å². The smallest absolute Gasteiger partial charge is 0.267 e.